The summed E-state index contributed by atoms with van der Waals surface area (Å²) in [5.74, 6) is 0.386. The van der Waals surface area contributed by atoms with Crippen LogP contribution in [0.1, 0.15) is 40.6 Å². The number of para-hydroxylation sites is 2. The van der Waals surface area contributed by atoms with Gasteiger partial charge >= 0.3 is 0 Å². The standard InChI is InChI=1S/C22H24N2O4S2/c1-14(2)17-11-12-29-21(17)22(25)23-16-10-9-15(3)20(13-16)30(26,27)24-18-7-5-6-8-19(18)28-4/h5-14,24H,1-4H3,(H,23,25). The van der Waals surface area contributed by atoms with E-state index >= 15 is 0 Å². The minimum atomic E-state index is -3.89. The predicted molar refractivity (Wildman–Crippen MR) is 121 cm³/mol. The summed E-state index contributed by atoms with van der Waals surface area (Å²) in [5.41, 5.74) is 2.28. The molecule has 0 aliphatic rings. The fourth-order valence-corrected chi connectivity index (χ4v) is 5.33. The van der Waals surface area contributed by atoms with Crippen molar-refractivity contribution in [2.75, 3.05) is 17.1 Å². The molecule has 8 heteroatoms. The molecule has 0 fully saturated rings. The highest BCUT2D eigenvalue weighted by atomic mass is 32.2. The lowest BCUT2D eigenvalue weighted by Crippen LogP contribution is -2.17. The summed E-state index contributed by atoms with van der Waals surface area (Å²) < 4.78 is 33.8. The smallest absolute Gasteiger partial charge is 0.266 e. The van der Waals surface area contributed by atoms with Gasteiger partial charge in [0.2, 0.25) is 0 Å². The van der Waals surface area contributed by atoms with Gasteiger partial charge in [0.05, 0.1) is 22.6 Å². The van der Waals surface area contributed by atoms with E-state index in [4.69, 9.17) is 4.74 Å². The molecule has 0 bridgehead atoms. The van der Waals surface area contributed by atoms with Gasteiger partial charge in [0.1, 0.15) is 5.75 Å². The quantitative estimate of drug-likeness (QED) is 0.522. The van der Waals surface area contributed by atoms with Crippen LogP contribution in [0.5, 0.6) is 5.75 Å². The highest BCUT2D eigenvalue weighted by molar-refractivity contribution is 7.92. The number of anilines is 2. The van der Waals surface area contributed by atoms with Crippen molar-refractivity contribution in [3.63, 3.8) is 0 Å². The van der Waals surface area contributed by atoms with E-state index < -0.39 is 10.0 Å². The van der Waals surface area contributed by atoms with Crippen molar-refractivity contribution in [2.24, 2.45) is 0 Å². The zero-order valence-corrected chi connectivity index (χ0v) is 18.9. The van der Waals surface area contributed by atoms with Gasteiger partial charge in [0.25, 0.3) is 15.9 Å². The van der Waals surface area contributed by atoms with Gasteiger partial charge in [0, 0.05) is 5.69 Å². The molecule has 1 amide bonds. The molecule has 2 N–H and O–H groups in total. The van der Waals surface area contributed by atoms with Gasteiger partial charge in [-0.05, 0) is 59.7 Å². The Bertz CT molecular complexity index is 1170. The van der Waals surface area contributed by atoms with Crippen molar-refractivity contribution in [2.45, 2.75) is 31.6 Å². The minimum Gasteiger partial charge on any atom is -0.495 e. The van der Waals surface area contributed by atoms with Crippen molar-refractivity contribution in [3.05, 3.63) is 69.9 Å². The number of aryl methyl sites for hydroxylation is 1. The average Bonchev–Trinajstić information content (AvgIpc) is 3.20. The van der Waals surface area contributed by atoms with E-state index in [-0.39, 0.29) is 16.7 Å². The Hall–Kier alpha value is -2.84. The van der Waals surface area contributed by atoms with Crippen LogP contribution < -0.4 is 14.8 Å². The van der Waals surface area contributed by atoms with E-state index in [0.717, 1.165) is 5.56 Å². The topological polar surface area (TPSA) is 84.5 Å². The summed E-state index contributed by atoms with van der Waals surface area (Å²) in [4.78, 5) is 13.5. The highest BCUT2D eigenvalue weighted by Gasteiger charge is 2.21. The van der Waals surface area contributed by atoms with Gasteiger partial charge in [-0.2, -0.15) is 0 Å². The van der Waals surface area contributed by atoms with Crippen molar-refractivity contribution in [1.29, 1.82) is 0 Å². The molecule has 0 radical (unpaired) electrons. The lowest BCUT2D eigenvalue weighted by molar-refractivity contribution is 0.102. The second-order valence-electron chi connectivity index (χ2n) is 7.10. The first kappa shape index (κ1) is 21.9. The monoisotopic (exact) mass is 444 g/mol. The molecule has 0 spiro atoms. The van der Waals surface area contributed by atoms with Crippen molar-refractivity contribution < 1.29 is 17.9 Å². The third-order valence-electron chi connectivity index (χ3n) is 4.61. The normalized spacial score (nSPS) is 11.4. The number of sulfonamides is 1. The molecule has 0 saturated carbocycles. The Labute approximate surface area is 181 Å². The van der Waals surface area contributed by atoms with E-state index in [0.29, 0.717) is 27.6 Å². The summed E-state index contributed by atoms with van der Waals surface area (Å²) in [6, 6.07) is 13.5. The molecular formula is C22H24N2O4S2. The predicted octanol–water partition coefficient (Wildman–Crippen LogP) is 5.24. The first-order valence-corrected chi connectivity index (χ1v) is 11.7. The molecule has 158 valence electrons. The second-order valence-corrected chi connectivity index (χ2v) is 9.67. The number of carbonyl (C=O) groups excluding carboxylic acids is 1. The van der Waals surface area contributed by atoms with Crippen LogP contribution >= 0.6 is 11.3 Å². The third kappa shape index (κ3) is 4.66. The maximum Gasteiger partial charge on any atom is 0.266 e. The third-order valence-corrected chi connectivity index (χ3v) is 7.05. The number of methoxy groups -OCH3 is 1. The molecule has 0 atom stereocenters. The number of ether oxygens (including phenoxy) is 1. The summed E-state index contributed by atoms with van der Waals surface area (Å²) in [5, 5.41) is 4.70. The first-order valence-electron chi connectivity index (χ1n) is 9.38. The van der Waals surface area contributed by atoms with Crippen LogP contribution in [0.15, 0.2) is 58.8 Å². The molecule has 0 aliphatic carbocycles. The van der Waals surface area contributed by atoms with Gasteiger partial charge in [-0.25, -0.2) is 8.42 Å². The maximum atomic E-state index is 13.0. The SMILES string of the molecule is COc1ccccc1NS(=O)(=O)c1cc(NC(=O)c2sccc2C(C)C)ccc1C. The average molecular weight is 445 g/mol. The van der Waals surface area contributed by atoms with Gasteiger partial charge in [-0.15, -0.1) is 11.3 Å². The zero-order valence-electron chi connectivity index (χ0n) is 17.2. The van der Waals surface area contributed by atoms with Gasteiger partial charge in [-0.1, -0.05) is 32.0 Å². The van der Waals surface area contributed by atoms with E-state index in [9.17, 15) is 13.2 Å². The van der Waals surface area contributed by atoms with Crippen LogP contribution in [0.2, 0.25) is 0 Å². The zero-order chi connectivity index (χ0) is 21.9. The number of nitrogens with one attached hydrogen (secondary N) is 2. The molecule has 3 rings (SSSR count). The number of thiophene rings is 1. The summed E-state index contributed by atoms with van der Waals surface area (Å²) in [6.45, 7) is 5.76. The highest BCUT2D eigenvalue weighted by Crippen LogP contribution is 2.29. The number of rotatable bonds is 7. The lowest BCUT2D eigenvalue weighted by Gasteiger charge is -2.14. The van der Waals surface area contributed by atoms with Gasteiger partial charge in [0.15, 0.2) is 0 Å². The number of hydrogen-bond donors (Lipinski definition) is 2. The second kappa shape index (κ2) is 8.89. The number of amides is 1. The van der Waals surface area contributed by atoms with Crippen LogP contribution in [-0.2, 0) is 10.0 Å². The molecular weight excluding hydrogens is 420 g/mol. The van der Waals surface area contributed by atoms with Crippen LogP contribution in [0.25, 0.3) is 0 Å². The molecule has 2 aromatic carbocycles. The van der Waals surface area contributed by atoms with Crippen LogP contribution in [0, 0.1) is 6.92 Å². The van der Waals surface area contributed by atoms with Crippen molar-refractivity contribution in [1.82, 2.24) is 0 Å². The minimum absolute atomic E-state index is 0.0847. The largest absolute Gasteiger partial charge is 0.495 e. The van der Waals surface area contributed by atoms with E-state index in [2.05, 4.69) is 10.0 Å². The Morgan fingerprint density at radius 2 is 1.83 bits per heavy atom. The summed E-state index contributed by atoms with van der Waals surface area (Å²) in [7, 11) is -2.41. The number of carbonyl (C=O) groups is 1. The molecule has 3 aromatic rings. The molecule has 6 nitrogen and oxygen atoms in total. The van der Waals surface area contributed by atoms with Crippen LogP contribution in [0.3, 0.4) is 0 Å². The Morgan fingerprint density at radius 3 is 2.53 bits per heavy atom. The van der Waals surface area contributed by atoms with Crippen molar-refractivity contribution >= 4 is 38.6 Å². The Morgan fingerprint density at radius 1 is 1.10 bits per heavy atom. The van der Waals surface area contributed by atoms with E-state index in [1.165, 1.54) is 24.5 Å². The lowest BCUT2D eigenvalue weighted by atomic mass is 10.0. The van der Waals surface area contributed by atoms with Crippen molar-refractivity contribution in [3.8, 4) is 5.75 Å². The molecule has 0 aliphatic heterocycles. The summed E-state index contributed by atoms with van der Waals surface area (Å²) in [6.07, 6.45) is 0. The van der Waals surface area contributed by atoms with Gasteiger partial charge < -0.3 is 10.1 Å². The Kier molecular flexibility index (Phi) is 6.48. The number of hydrogen-bond acceptors (Lipinski definition) is 5. The number of benzene rings is 2. The first-order chi connectivity index (χ1) is 14.2. The van der Waals surface area contributed by atoms with Crippen LogP contribution in [-0.4, -0.2) is 21.4 Å². The van der Waals surface area contributed by atoms with Gasteiger partial charge in [-0.3, -0.25) is 9.52 Å². The fraction of sp³-hybridized carbons (Fsp3) is 0.227. The molecule has 30 heavy (non-hydrogen) atoms. The molecule has 1 heterocycles. The molecule has 0 saturated heterocycles. The Balaban J connectivity index is 1.89. The van der Waals surface area contributed by atoms with Crippen LogP contribution in [0.4, 0.5) is 11.4 Å². The maximum absolute atomic E-state index is 13.0. The van der Waals surface area contributed by atoms with E-state index in [1.807, 2.05) is 25.3 Å². The molecule has 0 unspecified atom stereocenters. The summed E-state index contributed by atoms with van der Waals surface area (Å²) >= 11 is 1.37. The van der Waals surface area contributed by atoms with E-state index in [1.54, 1.807) is 43.3 Å². The molecule has 1 aromatic heterocycles. The fourth-order valence-electron chi connectivity index (χ4n) is 3.04.